The van der Waals surface area contributed by atoms with Crippen LogP contribution < -0.4 is 5.73 Å². The average molecular weight is 253 g/mol. The highest BCUT2D eigenvalue weighted by atomic mass is 79.9. The van der Waals surface area contributed by atoms with Crippen molar-refractivity contribution in [2.24, 2.45) is 5.73 Å². The highest BCUT2D eigenvalue weighted by Gasteiger charge is 2.04. The fraction of sp³-hybridized carbons (Fsp3) is 0.111. The Bertz CT molecular complexity index is 424. The van der Waals surface area contributed by atoms with E-state index in [0.29, 0.717) is 6.54 Å². The second-order valence-electron chi connectivity index (χ2n) is 2.81. The number of aromatic nitrogens is 3. The molecule has 0 aliphatic carbocycles. The Morgan fingerprint density at radius 1 is 1.50 bits per heavy atom. The molecule has 2 aromatic rings. The summed E-state index contributed by atoms with van der Waals surface area (Å²) in [5, 5.41) is 0. The van der Waals surface area contributed by atoms with Gasteiger partial charge in [0, 0.05) is 35.2 Å². The largest absolute Gasteiger partial charge is 0.326 e. The molecule has 0 aliphatic heterocycles. The summed E-state index contributed by atoms with van der Waals surface area (Å²) in [4.78, 5) is 8.25. The summed E-state index contributed by atoms with van der Waals surface area (Å²) in [6.07, 6.45) is 7.00. The fourth-order valence-electron chi connectivity index (χ4n) is 1.24. The van der Waals surface area contributed by atoms with Gasteiger partial charge in [-0.25, -0.2) is 9.97 Å². The van der Waals surface area contributed by atoms with Gasteiger partial charge in [0.1, 0.15) is 12.1 Å². The summed E-state index contributed by atoms with van der Waals surface area (Å²) < 4.78 is 2.77. The molecular formula is C9H9BrN4. The monoisotopic (exact) mass is 252 g/mol. The van der Waals surface area contributed by atoms with E-state index >= 15 is 0 Å². The van der Waals surface area contributed by atoms with Gasteiger partial charge >= 0.3 is 0 Å². The Kier molecular flexibility index (Phi) is 2.60. The first kappa shape index (κ1) is 9.36. The predicted octanol–water partition coefficient (Wildman–Crippen LogP) is 1.49. The van der Waals surface area contributed by atoms with Crippen molar-refractivity contribution in [1.82, 2.24) is 14.5 Å². The van der Waals surface area contributed by atoms with E-state index in [-0.39, 0.29) is 0 Å². The van der Waals surface area contributed by atoms with Gasteiger partial charge in [-0.2, -0.15) is 0 Å². The van der Waals surface area contributed by atoms with E-state index in [4.69, 9.17) is 5.73 Å². The van der Waals surface area contributed by atoms with Gasteiger partial charge in [-0.05, 0) is 22.0 Å². The zero-order valence-electron chi connectivity index (χ0n) is 7.39. The van der Waals surface area contributed by atoms with Crippen molar-refractivity contribution < 1.29 is 0 Å². The minimum absolute atomic E-state index is 0.458. The second kappa shape index (κ2) is 3.89. The Morgan fingerprint density at radius 3 is 3.00 bits per heavy atom. The molecule has 5 heteroatoms. The molecule has 0 bridgehead atoms. The number of halogens is 1. The zero-order chi connectivity index (χ0) is 9.97. The maximum absolute atomic E-state index is 5.63. The van der Waals surface area contributed by atoms with Crippen LogP contribution in [0.3, 0.4) is 0 Å². The van der Waals surface area contributed by atoms with Crippen molar-refractivity contribution in [3.63, 3.8) is 0 Å². The van der Waals surface area contributed by atoms with E-state index < -0.39 is 0 Å². The maximum atomic E-state index is 5.63. The molecule has 2 heterocycles. The zero-order valence-corrected chi connectivity index (χ0v) is 8.98. The molecular weight excluding hydrogens is 244 g/mol. The summed E-state index contributed by atoms with van der Waals surface area (Å²) in [7, 11) is 0. The van der Waals surface area contributed by atoms with Crippen LogP contribution in [0.4, 0.5) is 0 Å². The highest BCUT2D eigenvalue weighted by molar-refractivity contribution is 9.10. The number of nitrogens with zero attached hydrogens (tertiary/aromatic N) is 3. The molecule has 0 radical (unpaired) electrons. The third-order valence-electron chi connectivity index (χ3n) is 1.88. The normalized spacial score (nSPS) is 10.4. The van der Waals surface area contributed by atoms with E-state index in [0.717, 1.165) is 15.9 Å². The van der Waals surface area contributed by atoms with Gasteiger partial charge in [0.05, 0.1) is 0 Å². The quantitative estimate of drug-likeness (QED) is 0.882. The molecule has 72 valence electrons. The fourth-order valence-corrected chi connectivity index (χ4v) is 1.62. The number of pyridine rings is 1. The van der Waals surface area contributed by atoms with Gasteiger partial charge < -0.3 is 5.73 Å². The first-order valence-electron chi connectivity index (χ1n) is 4.14. The van der Waals surface area contributed by atoms with Crippen LogP contribution in [0.5, 0.6) is 0 Å². The second-order valence-corrected chi connectivity index (χ2v) is 3.73. The summed E-state index contributed by atoms with van der Waals surface area (Å²) in [5.74, 6) is 0.827. The molecule has 0 unspecified atom stereocenters. The lowest BCUT2D eigenvalue weighted by molar-refractivity contribution is 0.930. The minimum Gasteiger partial charge on any atom is -0.326 e. The van der Waals surface area contributed by atoms with Crippen LogP contribution in [-0.4, -0.2) is 14.5 Å². The minimum atomic E-state index is 0.458. The summed E-state index contributed by atoms with van der Waals surface area (Å²) in [6, 6.07) is 1.96. The molecule has 0 amide bonds. The molecule has 4 nitrogen and oxygen atoms in total. The van der Waals surface area contributed by atoms with Gasteiger partial charge in [-0.15, -0.1) is 0 Å². The smallest absolute Gasteiger partial charge is 0.142 e. The molecule has 0 fully saturated rings. The van der Waals surface area contributed by atoms with E-state index in [2.05, 4.69) is 25.9 Å². The molecule has 0 saturated carbocycles. The molecule has 2 N–H and O–H groups in total. The lowest BCUT2D eigenvalue weighted by Gasteiger charge is -2.06. The van der Waals surface area contributed by atoms with E-state index in [9.17, 15) is 0 Å². The van der Waals surface area contributed by atoms with Gasteiger partial charge in [0.2, 0.25) is 0 Å². The Balaban J connectivity index is 2.53. The number of nitrogens with two attached hydrogens (primary N) is 1. The van der Waals surface area contributed by atoms with Crippen LogP contribution in [-0.2, 0) is 6.54 Å². The molecule has 14 heavy (non-hydrogen) atoms. The van der Waals surface area contributed by atoms with Crippen molar-refractivity contribution in [2.75, 3.05) is 0 Å². The summed E-state index contributed by atoms with van der Waals surface area (Å²) in [6.45, 7) is 0.458. The van der Waals surface area contributed by atoms with E-state index in [1.165, 1.54) is 0 Å². The summed E-state index contributed by atoms with van der Waals surface area (Å²) in [5.41, 5.74) is 6.61. The molecule has 0 aliphatic rings. The Hall–Kier alpha value is -1.20. The standard InChI is InChI=1S/C9H9BrN4/c10-8-3-7(4-11)9(13-5-8)14-2-1-12-6-14/h1-3,5-6H,4,11H2. The number of hydrogen-bond donors (Lipinski definition) is 1. The van der Waals surface area contributed by atoms with Gasteiger partial charge in [0.15, 0.2) is 0 Å². The van der Waals surface area contributed by atoms with Crippen LogP contribution in [0, 0.1) is 0 Å². The van der Waals surface area contributed by atoms with Crippen LogP contribution in [0.25, 0.3) is 5.82 Å². The van der Waals surface area contributed by atoms with Crippen molar-refractivity contribution in [1.29, 1.82) is 0 Å². The molecule has 0 atom stereocenters. The number of rotatable bonds is 2. The Labute approximate surface area is 89.9 Å². The topological polar surface area (TPSA) is 56.7 Å². The third-order valence-corrected chi connectivity index (χ3v) is 2.31. The number of imidazole rings is 1. The maximum Gasteiger partial charge on any atom is 0.142 e. The van der Waals surface area contributed by atoms with Crippen LogP contribution >= 0.6 is 15.9 Å². The first-order valence-corrected chi connectivity index (χ1v) is 4.93. The molecule has 2 aromatic heterocycles. The lowest BCUT2D eigenvalue weighted by atomic mass is 10.2. The molecule has 0 saturated heterocycles. The first-order chi connectivity index (χ1) is 6.81. The summed E-state index contributed by atoms with van der Waals surface area (Å²) >= 11 is 3.36. The average Bonchev–Trinajstić information content (AvgIpc) is 2.70. The van der Waals surface area contributed by atoms with Crippen molar-refractivity contribution in [3.05, 3.63) is 41.0 Å². The van der Waals surface area contributed by atoms with Gasteiger partial charge in [-0.3, -0.25) is 4.57 Å². The van der Waals surface area contributed by atoms with Crippen molar-refractivity contribution >= 4 is 15.9 Å². The molecule has 0 aromatic carbocycles. The van der Waals surface area contributed by atoms with Crippen LogP contribution in [0.1, 0.15) is 5.56 Å². The van der Waals surface area contributed by atoms with Crippen molar-refractivity contribution in [3.8, 4) is 5.82 Å². The third kappa shape index (κ3) is 1.69. The van der Waals surface area contributed by atoms with Gasteiger partial charge in [-0.1, -0.05) is 0 Å². The van der Waals surface area contributed by atoms with Crippen LogP contribution in [0.15, 0.2) is 35.5 Å². The molecule has 0 spiro atoms. The van der Waals surface area contributed by atoms with E-state index in [1.54, 1.807) is 18.7 Å². The lowest BCUT2D eigenvalue weighted by Crippen LogP contribution is -2.05. The predicted molar refractivity (Wildman–Crippen MR) is 57.0 cm³/mol. The Morgan fingerprint density at radius 2 is 2.36 bits per heavy atom. The molecule has 2 rings (SSSR count). The highest BCUT2D eigenvalue weighted by Crippen LogP contribution is 2.16. The number of hydrogen-bond acceptors (Lipinski definition) is 3. The SMILES string of the molecule is NCc1cc(Br)cnc1-n1ccnc1. The van der Waals surface area contributed by atoms with Gasteiger partial charge in [0.25, 0.3) is 0 Å². The van der Waals surface area contributed by atoms with E-state index in [1.807, 2.05) is 16.8 Å². The van der Waals surface area contributed by atoms with Crippen molar-refractivity contribution in [2.45, 2.75) is 6.54 Å². The van der Waals surface area contributed by atoms with Crippen LogP contribution in [0.2, 0.25) is 0 Å².